The zero-order valence-corrected chi connectivity index (χ0v) is 32.4. The van der Waals surface area contributed by atoms with Crippen LogP contribution in [0.4, 0.5) is 0 Å². The lowest BCUT2D eigenvalue weighted by atomic mass is 9.87. The molecule has 58 heavy (non-hydrogen) atoms. The van der Waals surface area contributed by atoms with Crippen LogP contribution in [0, 0.1) is 6.92 Å². The number of allylic oxidation sites excluding steroid dienone is 2. The molecule has 0 atom stereocenters. The van der Waals surface area contributed by atoms with Crippen LogP contribution in [0.5, 0.6) is 0 Å². The summed E-state index contributed by atoms with van der Waals surface area (Å²) in [5.74, 6) is 0. The minimum Gasteiger partial charge on any atom is -0.309 e. The van der Waals surface area contributed by atoms with Crippen molar-refractivity contribution in [2.24, 2.45) is 0 Å². The molecule has 0 fully saturated rings. The van der Waals surface area contributed by atoms with E-state index in [1.807, 2.05) is 24.5 Å². The standard InChI is InChI=1S/C45H28N2.C11H12/c1-3-7-42-38(5-1)39-6-2-4-8-43(39)47(42)35-19-13-32(14-20-35)37-22-16-34-17-23-40-36(21-15-33-18-24-41(37)45(34)44(33)40)31-11-9-29(10-12-31)30-25-27-46-28-26-30;1-4-9(2)11-8-6-5-7-10(11)3/h1-28H;4-8H,1-2H2,3H3. The summed E-state index contributed by atoms with van der Waals surface area (Å²) >= 11 is 0. The predicted molar refractivity (Wildman–Crippen MR) is 249 cm³/mol. The van der Waals surface area contributed by atoms with Crippen molar-refractivity contribution in [1.82, 2.24) is 9.55 Å². The van der Waals surface area contributed by atoms with Gasteiger partial charge in [0.1, 0.15) is 0 Å². The number of nitrogens with zero attached hydrogens (tertiary/aromatic N) is 2. The number of pyridine rings is 1. The van der Waals surface area contributed by atoms with E-state index in [9.17, 15) is 0 Å². The van der Waals surface area contributed by atoms with Gasteiger partial charge in [0, 0.05) is 28.9 Å². The fourth-order valence-electron chi connectivity index (χ4n) is 8.73. The van der Waals surface area contributed by atoms with Gasteiger partial charge in [0.25, 0.3) is 0 Å². The molecule has 2 heterocycles. The summed E-state index contributed by atoms with van der Waals surface area (Å²) in [5.41, 5.74) is 14.4. The lowest BCUT2D eigenvalue weighted by Crippen LogP contribution is -1.94. The number of aromatic nitrogens is 2. The van der Waals surface area contributed by atoms with Gasteiger partial charge in [0.2, 0.25) is 0 Å². The lowest BCUT2D eigenvalue weighted by molar-refractivity contribution is 1.18. The van der Waals surface area contributed by atoms with E-state index in [-0.39, 0.29) is 0 Å². The second-order valence-electron chi connectivity index (χ2n) is 14.9. The Kier molecular flexibility index (Phi) is 8.73. The molecule has 0 unspecified atom stereocenters. The van der Waals surface area contributed by atoms with Gasteiger partial charge in [-0.3, -0.25) is 4.98 Å². The minimum atomic E-state index is 0.989. The highest BCUT2D eigenvalue weighted by molar-refractivity contribution is 6.27. The molecule has 0 spiro atoms. The molecule has 0 bridgehead atoms. The van der Waals surface area contributed by atoms with E-state index in [1.165, 1.54) is 104 Å². The van der Waals surface area contributed by atoms with Crippen molar-refractivity contribution in [1.29, 1.82) is 0 Å². The molecule has 0 aliphatic rings. The van der Waals surface area contributed by atoms with Gasteiger partial charge in [-0.1, -0.05) is 165 Å². The van der Waals surface area contributed by atoms with E-state index < -0.39 is 0 Å². The molecule has 11 aromatic rings. The molecule has 2 aromatic heterocycles. The Morgan fingerprint density at radius 3 is 1.48 bits per heavy atom. The zero-order valence-electron chi connectivity index (χ0n) is 32.4. The van der Waals surface area contributed by atoms with Gasteiger partial charge in [0.15, 0.2) is 0 Å². The van der Waals surface area contributed by atoms with Crippen molar-refractivity contribution in [3.8, 4) is 39.1 Å². The summed E-state index contributed by atoms with van der Waals surface area (Å²) in [6, 6.07) is 65.9. The second kappa shape index (κ2) is 14.5. The molecular weight excluding hydrogens is 701 g/mol. The maximum Gasteiger partial charge on any atom is 0.0541 e. The zero-order chi connectivity index (χ0) is 39.2. The van der Waals surface area contributed by atoms with Crippen LogP contribution in [0.3, 0.4) is 0 Å². The summed E-state index contributed by atoms with van der Waals surface area (Å²) < 4.78 is 2.38. The highest BCUT2D eigenvalue weighted by Crippen LogP contribution is 2.43. The summed E-state index contributed by atoms with van der Waals surface area (Å²) in [5, 5.41) is 10.3. The Labute approximate surface area is 338 Å². The van der Waals surface area contributed by atoms with E-state index in [1.54, 1.807) is 6.08 Å². The second-order valence-corrected chi connectivity index (χ2v) is 14.9. The Morgan fingerprint density at radius 1 is 0.466 bits per heavy atom. The SMILES string of the molecule is C=CC(=C)c1ccccc1C.c1ccc2c(c1)c1ccccc1n2-c1ccc(-c2ccc3ccc4c(-c5ccc(-c6ccncc6)cc5)ccc5ccc2c3c54)cc1. The van der Waals surface area contributed by atoms with Gasteiger partial charge in [-0.25, -0.2) is 0 Å². The summed E-state index contributed by atoms with van der Waals surface area (Å²) in [4.78, 5) is 4.17. The molecule has 0 amide bonds. The third-order valence-corrected chi connectivity index (χ3v) is 11.6. The molecule has 274 valence electrons. The smallest absolute Gasteiger partial charge is 0.0541 e. The van der Waals surface area contributed by atoms with E-state index in [4.69, 9.17) is 0 Å². The van der Waals surface area contributed by atoms with E-state index in [0.29, 0.717) is 0 Å². The number of rotatable bonds is 6. The van der Waals surface area contributed by atoms with Crippen LogP contribution in [-0.2, 0) is 0 Å². The van der Waals surface area contributed by atoms with E-state index in [2.05, 4.69) is 199 Å². The molecule has 0 saturated heterocycles. The molecule has 11 rings (SSSR count). The molecular formula is C56H40N2. The van der Waals surface area contributed by atoms with Crippen LogP contribution in [0.25, 0.3) is 98.8 Å². The lowest BCUT2D eigenvalue weighted by Gasteiger charge is -2.17. The molecule has 0 N–H and O–H groups in total. The number of para-hydroxylation sites is 2. The topological polar surface area (TPSA) is 17.8 Å². The van der Waals surface area contributed by atoms with E-state index >= 15 is 0 Å². The highest BCUT2D eigenvalue weighted by atomic mass is 15.0. The van der Waals surface area contributed by atoms with Gasteiger partial charge in [-0.2, -0.15) is 0 Å². The highest BCUT2D eigenvalue weighted by Gasteiger charge is 2.16. The number of aryl methyl sites for hydroxylation is 1. The van der Waals surface area contributed by atoms with Crippen molar-refractivity contribution < 1.29 is 0 Å². The van der Waals surface area contributed by atoms with Crippen molar-refractivity contribution in [2.75, 3.05) is 0 Å². The molecule has 0 radical (unpaired) electrons. The van der Waals surface area contributed by atoms with Crippen molar-refractivity contribution in [3.05, 3.63) is 225 Å². The Morgan fingerprint density at radius 2 is 0.931 bits per heavy atom. The van der Waals surface area contributed by atoms with Gasteiger partial charge < -0.3 is 4.57 Å². The average molecular weight is 741 g/mol. The van der Waals surface area contributed by atoms with Crippen LogP contribution in [0.2, 0.25) is 0 Å². The summed E-state index contributed by atoms with van der Waals surface area (Å²) in [6.45, 7) is 9.64. The Hall–Kier alpha value is -7.55. The fraction of sp³-hybridized carbons (Fsp3) is 0.0179. The molecule has 0 aliphatic carbocycles. The van der Waals surface area contributed by atoms with Crippen LogP contribution < -0.4 is 0 Å². The quantitative estimate of drug-likeness (QED) is 0.123. The molecule has 0 aliphatic heterocycles. The van der Waals surface area contributed by atoms with E-state index in [0.717, 1.165) is 5.57 Å². The first-order valence-corrected chi connectivity index (χ1v) is 19.7. The largest absolute Gasteiger partial charge is 0.309 e. The molecule has 0 saturated carbocycles. The molecule has 9 aromatic carbocycles. The molecule has 2 heteroatoms. The summed E-state index contributed by atoms with van der Waals surface area (Å²) in [6.07, 6.45) is 5.47. The van der Waals surface area contributed by atoms with Crippen molar-refractivity contribution in [2.45, 2.75) is 6.92 Å². The Balaban J connectivity index is 0.000000324. The van der Waals surface area contributed by atoms with Crippen LogP contribution in [-0.4, -0.2) is 9.55 Å². The first kappa shape index (κ1) is 34.9. The number of hydrogen-bond acceptors (Lipinski definition) is 1. The average Bonchev–Trinajstić information content (AvgIpc) is 3.63. The summed E-state index contributed by atoms with van der Waals surface area (Å²) in [7, 11) is 0. The van der Waals surface area contributed by atoms with Gasteiger partial charge in [-0.15, -0.1) is 0 Å². The maximum absolute atomic E-state index is 4.17. The number of fused-ring (bicyclic) bond motifs is 3. The van der Waals surface area contributed by atoms with Crippen LogP contribution >= 0.6 is 0 Å². The molecule has 2 nitrogen and oxygen atoms in total. The van der Waals surface area contributed by atoms with Gasteiger partial charge >= 0.3 is 0 Å². The third kappa shape index (κ3) is 5.95. The number of benzene rings is 9. The first-order chi connectivity index (χ1) is 28.6. The van der Waals surface area contributed by atoms with Crippen molar-refractivity contribution in [3.63, 3.8) is 0 Å². The van der Waals surface area contributed by atoms with Crippen molar-refractivity contribution >= 4 is 59.7 Å². The monoisotopic (exact) mass is 740 g/mol. The van der Waals surface area contributed by atoms with Gasteiger partial charge in [0.05, 0.1) is 11.0 Å². The normalized spacial score (nSPS) is 11.3. The Bertz CT molecular complexity index is 3240. The van der Waals surface area contributed by atoms with Crippen LogP contribution in [0.15, 0.2) is 214 Å². The fourth-order valence-corrected chi connectivity index (χ4v) is 8.73. The number of hydrogen-bond donors (Lipinski definition) is 0. The minimum absolute atomic E-state index is 0.989. The van der Waals surface area contributed by atoms with Gasteiger partial charge in [-0.05, 0) is 126 Å². The third-order valence-electron chi connectivity index (χ3n) is 11.6. The first-order valence-electron chi connectivity index (χ1n) is 19.7. The maximum atomic E-state index is 4.17. The predicted octanol–water partition coefficient (Wildman–Crippen LogP) is 15.3. The van der Waals surface area contributed by atoms with Crippen LogP contribution in [0.1, 0.15) is 11.1 Å².